The molecule has 0 spiro atoms. The Bertz CT molecular complexity index is 2360. The smallest absolute Gasteiger partial charge is 0.410 e. The minimum atomic E-state index is -4.17. The minimum Gasteiger partial charge on any atom is -0.465 e. The van der Waals surface area contributed by atoms with E-state index in [-0.39, 0.29) is 34.6 Å². The van der Waals surface area contributed by atoms with Gasteiger partial charge in [0.2, 0.25) is 0 Å². The number of rotatable bonds is 10. The molecular weight excluding hydrogens is 795 g/mol. The molecule has 1 N–H and O–H groups in total. The van der Waals surface area contributed by atoms with Crippen molar-refractivity contribution >= 4 is 22.2 Å². The average molecular weight is 849 g/mol. The number of aromatic nitrogens is 2. The molecule has 3 aromatic carbocycles. The van der Waals surface area contributed by atoms with Crippen LogP contribution >= 0.6 is 0 Å². The molecule has 1 aliphatic heterocycles. The van der Waals surface area contributed by atoms with Crippen molar-refractivity contribution < 1.29 is 45.7 Å². The molecule has 0 saturated carbocycles. The van der Waals surface area contributed by atoms with Crippen LogP contribution in [-0.4, -0.2) is 77.6 Å². The van der Waals surface area contributed by atoms with Crippen molar-refractivity contribution in [1.29, 1.82) is 0 Å². The second-order valence-corrected chi connectivity index (χ2v) is 18.3. The monoisotopic (exact) mass is 848 g/mol. The Morgan fingerprint density at radius 2 is 1.37 bits per heavy atom. The molecule has 0 aliphatic carbocycles. The van der Waals surface area contributed by atoms with E-state index < -0.39 is 39.4 Å². The third kappa shape index (κ3) is 12.4. The van der Waals surface area contributed by atoms with Crippen molar-refractivity contribution in [2.75, 3.05) is 20.7 Å². The molecule has 6 rings (SSSR count). The predicted octanol–water partition coefficient (Wildman–Crippen LogP) is 9.99. The molecule has 0 bridgehead atoms. The summed E-state index contributed by atoms with van der Waals surface area (Å²) in [5, 5.41) is 0. The van der Waals surface area contributed by atoms with Gasteiger partial charge in [-0.2, -0.15) is 0 Å². The molecule has 1 atom stereocenters. The van der Waals surface area contributed by atoms with Crippen LogP contribution in [0.1, 0.15) is 71.9 Å². The predicted molar refractivity (Wildman–Crippen MR) is 225 cm³/mol. The lowest BCUT2D eigenvalue weighted by Crippen LogP contribution is -2.33. The fourth-order valence-electron chi connectivity index (χ4n) is 6.15. The highest BCUT2D eigenvalue weighted by molar-refractivity contribution is 7.90. The lowest BCUT2D eigenvalue weighted by atomic mass is 10.1. The first-order valence-electron chi connectivity index (χ1n) is 19.6. The van der Waals surface area contributed by atoms with E-state index in [1.54, 1.807) is 83.5 Å². The van der Waals surface area contributed by atoms with Crippen molar-refractivity contribution in [2.24, 2.45) is 0 Å². The summed E-state index contributed by atoms with van der Waals surface area (Å²) in [5.41, 5.74) is 1.60. The summed E-state index contributed by atoms with van der Waals surface area (Å²) in [7, 11) is -0.944. The van der Waals surface area contributed by atoms with Crippen LogP contribution in [-0.2, 0) is 37.3 Å². The normalized spacial score (nSPS) is 14.4. The molecule has 1 saturated heterocycles. The Labute approximate surface area is 351 Å². The van der Waals surface area contributed by atoms with E-state index in [0.29, 0.717) is 35.7 Å². The van der Waals surface area contributed by atoms with Crippen molar-refractivity contribution in [3.05, 3.63) is 120 Å². The number of H-pyrrole nitrogens is 1. The zero-order valence-electron chi connectivity index (χ0n) is 35.3. The van der Waals surface area contributed by atoms with E-state index in [0.717, 1.165) is 28.8 Å². The van der Waals surface area contributed by atoms with Crippen molar-refractivity contribution in [3.8, 4) is 28.3 Å². The van der Waals surface area contributed by atoms with Crippen LogP contribution in [0.25, 0.3) is 22.5 Å². The second kappa shape index (κ2) is 19.1. The van der Waals surface area contributed by atoms with Gasteiger partial charge < -0.3 is 33.7 Å². The lowest BCUT2D eigenvalue weighted by Gasteiger charge is -2.24. The van der Waals surface area contributed by atoms with Crippen LogP contribution in [0.15, 0.2) is 102 Å². The van der Waals surface area contributed by atoms with Gasteiger partial charge in [0.1, 0.15) is 28.6 Å². The van der Waals surface area contributed by atoms with Gasteiger partial charge in [-0.3, -0.25) is 0 Å². The highest BCUT2D eigenvalue weighted by atomic mass is 32.2. The van der Waals surface area contributed by atoms with E-state index in [9.17, 15) is 26.8 Å². The van der Waals surface area contributed by atoms with Gasteiger partial charge in [-0.25, -0.2) is 30.8 Å². The first-order chi connectivity index (χ1) is 28.2. The van der Waals surface area contributed by atoms with Crippen LogP contribution in [0.4, 0.5) is 18.4 Å². The zero-order valence-corrected chi connectivity index (χ0v) is 36.1. The number of hydrogen-bond donors (Lipinski definition) is 1. The summed E-state index contributed by atoms with van der Waals surface area (Å²) in [6.07, 6.45) is 4.44. The second-order valence-electron chi connectivity index (χ2n) is 16.5. The van der Waals surface area contributed by atoms with Crippen LogP contribution in [0, 0.1) is 11.6 Å². The molecule has 15 heteroatoms. The van der Waals surface area contributed by atoms with Crippen LogP contribution < -0.4 is 4.74 Å². The molecule has 5 aromatic rings. The van der Waals surface area contributed by atoms with Crippen LogP contribution in [0.2, 0.25) is 0 Å². The number of amides is 2. The van der Waals surface area contributed by atoms with Crippen LogP contribution in [0.3, 0.4) is 0 Å². The molecule has 60 heavy (non-hydrogen) atoms. The Morgan fingerprint density at radius 1 is 0.783 bits per heavy atom. The number of hydrogen-bond acceptors (Lipinski definition) is 8. The van der Waals surface area contributed by atoms with Gasteiger partial charge in [-0.1, -0.05) is 30.3 Å². The third-order valence-corrected chi connectivity index (χ3v) is 10.6. The molecule has 1 aliphatic rings. The van der Waals surface area contributed by atoms with E-state index >= 15 is 0 Å². The number of nitrogens with one attached hydrogen (secondary N) is 1. The summed E-state index contributed by atoms with van der Waals surface area (Å²) in [6.45, 7) is 11.8. The first-order valence-corrected chi connectivity index (χ1v) is 21.0. The number of carbonyl (C=O) groups is 2. The van der Waals surface area contributed by atoms with Crippen molar-refractivity contribution in [3.63, 3.8) is 0 Å². The van der Waals surface area contributed by atoms with Gasteiger partial charge in [0, 0.05) is 55.8 Å². The van der Waals surface area contributed by atoms with Crippen LogP contribution in [0.5, 0.6) is 5.75 Å². The Morgan fingerprint density at radius 3 is 1.93 bits per heavy atom. The number of ether oxygens (including phenoxy) is 4. The maximum Gasteiger partial charge on any atom is 0.410 e. The SMILES string of the molecule is CN(Cc1c[nH]c(-c2ccccc2F)c1)C(=O)OC(C)(C)C.CN(Cc1cc(-c2ccccc2F)n(S(=O)(=O)c2cccc(OC3CCCCO3)c2)c1)C(=O)OC(C)(C)C. The summed E-state index contributed by atoms with van der Waals surface area (Å²) in [5.74, 6) is -0.487. The van der Waals surface area contributed by atoms with E-state index in [4.69, 9.17) is 18.9 Å². The molecule has 0 radical (unpaired) electrons. The highest BCUT2D eigenvalue weighted by Gasteiger charge is 2.27. The number of nitrogens with zero attached hydrogens (tertiary/aromatic N) is 3. The maximum atomic E-state index is 14.8. The molecular formula is C45H54F2N4O8S. The standard InChI is InChI=1S/C28H33FN2O6S.C17H21FN2O2/c1-28(2,3)37-27(32)30(4)18-20-16-25(23-12-5-6-13-24(23)29)31(19-20)38(33,34)22-11-9-10-21(17-22)36-26-14-7-8-15-35-26;1-17(2,3)22-16(21)20(4)11-12-9-15(19-10-12)13-7-5-6-8-14(13)18/h5-6,9-13,16-17,19,26H,7-8,14-15,18H2,1-4H3;5-10,19H,11H2,1-4H3. The molecule has 322 valence electrons. The maximum absolute atomic E-state index is 14.8. The van der Waals surface area contributed by atoms with Gasteiger partial charge in [-0.15, -0.1) is 0 Å². The fourth-order valence-corrected chi connectivity index (χ4v) is 7.57. The summed E-state index contributed by atoms with van der Waals surface area (Å²) >= 11 is 0. The van der Waals surface area contributed by atoms with Gasteiger partial charge in [-0.05, 0) is 114 Å². The van der Waals surface area contributed by atoms with Gasteiger partial charge >= 0.3 is 12.2 Å². The molecule has 1 unspecified atom stereocenters. The lowest BCUT2D eigenvalue weighted by molar-refractivity contribution is -0.106. The fraction of sp³-hybridized carbons (Fsp3) is 0.378. The first kappa shape index (κ1) is 45.4. The largest absolute Gasteiger partial charge is 0.465 e. The Kier molecular flexibility index (Phi) is 14.5. The number of benzene rings is 3. The molecule has 2 aromatic heterocycles. The average Bonchev–Trinajstić information content (AvgIpc) is 3.82. The van der Waals surface area contributed by atoms with Gasteiger partial charge in [0.05, 0.1) is 30.3 Å². The Hall–Kier alpha value is -5.67. The van der Waals surface area contributed by atoms with Gasteiger partial charge in [0.25, 0.3) is 10.0 Å². The highest BCUT2D eigenvalue weighted by Crippen LogP contribution is 2.31. The van der Waals surface area contributed by atoms with E-state index in [2.05, 4.69) is 4.98 Å². The molecule has 1 fully saturated rings. The van der Waals surface area contributed by atoms with Gasteiger partial charge in [0.15, 0.2) is 6.29 Å². The topological polar surface area (TPSA) is 132 Å². The summed E-state index contributed by atoms with van der Waals surface area (Å²) in [4.78, 5) is 30.3. The molecule has 3 heterocycles. The van der Waals surface area contributed by atoms with Crippen molar-refractivity contribution in [2.45, 2.75) is 96.3 Å². The number of carbonyl (C=O) groups excluding carboxylic acids is 2. The number of aromatic amines is 1. The Balaban J connectivity index is 0.000000263. The summed E-state index contributed by atoms with van der Waals surface area (Å²) < 4.78 is 79.5. The zero-order chi connectivity index (χ0) is 43.8. The molecule has 2 amide bonds. The van der Waals surface area contributed by atoms with E-state index in [1.165, 1.54) is 52.4 Å². The van der Waals surface area contributed by atoms with Crippen molar-refractivity contribution in [1.82, 2.24) is 18.8 Å². The quantitative estimate of drug-likeness (QED) is 0.147. The van der Waals surface area contributed by atoms with E-state index in [1.807, 2.05) is 26.8 Å². The molecule has 12 nitrogen and oxygen atoms in total. The third-order valence-electron chi connectivity index (χ3n) is 8.92. The summed E-state index contributed by atoms with van der Waals surface area (Å²) in [6, 6.07) is 22.1. The minimum absolute atomic E-state index is 0.0222. The number of halogens is 2.